The summed E-state index contributed by atoms with van der Waals surface area (Å²) >= 11 is 0. The van der Waals surface area contributed by atoms with Crippen molar-refractivity contribution in [2.24, 2.45) is 0 Å². The largest absolute Gasteiger partial charge is 0.383 e. The van der Waals surface area contributed by atoms with Crippen LogP contribution in [0, 0.1) is 10.1 Å². The first-order valence-electron chi connectivity index (χ1n) is 6.81. The monoisotopic (exact) mass is 277 g/mol. The van der Waals surface area contributed by atoms with Crippen molar-refractivity contribution in [1.29, 1.82) is 0 Å². The van der Waals surface area contributed by atoms with Crippen molar-refractivity contribution in [1.82, 2.24) is 4.90 Å². The minimum atomic E-state index is -0.455. The van der Waals surface area contributed by atoms with Crippen molar-refractivity contribution in [2.45, 2.75) is 32.2 Å². The minimum Gasteiger partial charge on any atom is -0.383 e. The summed E-state index contributed by atoms with van der Waals surface area (Å²) < 4.78 is 0. The van der Waals surface area contributed by atoms with Gasteiger partial charge in [-0.2, -0.15) is 0 Å². The summed E-state index contributed by atoms with van der Waals surface area (Å²) in [6.07, 6.45) is 3.17. The zero-order valence-electron chi connectivity index (χ0n) is 11.8. The molecule has 1 aromatic rings. The number of benzene rings is 1. The van der Waals surface area contributed by atoms with Gasteiger partial charge in [-0.15, -0.1) is 0 Å². The van der Waals surface area contributed by atoms with Crippen LogP contribution in [0.4, 0.5) is 11.4 Å². The number of hydrogen-bond acceptors (Lipinski definition) is 4. The molecular weight excluding hydrogens is 258 g/mol. The van der Waals surface area contributed by atoms with Gasteiger partial charge in [0, 0.05) is 31.3 Å². The van der Waals surface area contributed by atoms with Crippen LogP contribution in [0.1, 0.15) is 36.5 Å². The van der Waals surface area contributed by atoms with Crippen molar-refractivity contribution in [3.63, 3.8) is 0 Å². The fourth-order valence-electron chi connectivity index (χ4n) is 2.59. The summed E-state index contributed by atoms with van der Waals surface area (Å²) in [6, 6.07) is 4.70. The number of nitrogens with one attached hydrogen (secondary N) is 1. The number of carbonyl (C=O) groups is 1. The van der Waals surface area contributed by atoms with Gasteiger partial charge in [-0.1, -0.05) is 0 Å². The number of anilines is 1. The Balaban J connectivity index is 2.28. The van der Waals surface area contributed by atoms with Crippen LogP contribution in [-0.4, -0.2) is 35.4 Å². The third kappa shape index (κ3) is 2.74. The Morgan fingerprint density at radius 3 is 2.80 bits per heavy atom. The number of amides is 1. The maximum absolute atomic E-state index is 12.5. The van der Waals surface area contributed by atoms with E-state index in [0.29, 0.717) is 11.3 Å². The third-order valence-corrected chi connectivity index (χ3v) is 3.77. The van der Waals surface area contributed by atoms with Crippen LogP contribution in [0.5, 0.6) is 0 Å². The van der Waals surface area contributed by atoms with E-state index in [-0.39, 0.29) is 17.6 Å². The Labute approximate surface area is 117 Å². The number of rotatable bonds is 3. The van der Waals surface area contributed by atoms with Gasteiger partial charge in [0.25, 0.3) is 11.6 Å². The van der Waals surface area contributed by atoms with Crippen LogP contribution < -0.4 is 5.32 Å². The van der Waals surface area contributed by atoms with Crippen molar-refractivity contribution >= 4 is 17.3 Å². The minimum absolute atomic E-state index is 0.0178. The predicted octanol–water partition coefficient (Wildman–Crippen LogP) is 2.65. The molecule has 6 heteroatoms. The predicted molar refractivity (Wildman–Crippen MR) is 77.0 cm³/mol. The lowest BCUT2D eigenvalue weighted by Gasteiger charge is -2.33. The molecule has 20 heavy (non-hydrogen) atoms. The molecule has 6 nitrogen and oxygen atoms in total. The topological polar surface area (TPSA) is 75.5 Å². The van der Waals surface area contributed by atoms with Crippen LogP contribution in [0.15, 0.2) is 18.2 Å². The Morgan fingerprint density at radius 1 is 1.45 bits per heavy atom. The Bertz CT molecular complexity index is 530. The standard InChI is InChI=1S/C14H19N3O3/c1-10-5-3-4-8-16(10)14(18)11-6-7-13(17(19)20)12(9-11)15-2/h6-7,9-10,15H,3-5,8H2,1-2H3. The molecule has 1 atom stereocenters. The van der Waals surface area contributed by atoms with Crippen LogP contribution in [0.25, 0.3) is 0 Å². The molecule has 1 N–H and O–H groups in total. The molecule has 0 aromatic heterocycles. The molecule has 1 aliphatic rings. The van der Waals surface area contributed by atoms with E-state index in [0.717, 1.165) is 25.8 Å². The highest BCUT2D eigenvalue weighted by molar-refractivity contribution is 5.96. The number of piperidine rings is 1. The summed E-state index contributed by atoms with van der Waals surface area (Å²) in [7, 11) is 1.61. The highest BCUT2D eigenvalue weighted by atomic mass is 16.6. The molecular formula is C14H19N3O3. The average molecular weight is 277 g/mol. The number of nitro benzene ring substituents is 1. The van der Waals surface area contributed by atoms with Gasteiger partial charge < -0.3 is 10.2 Å². The fourth-order valence-corrected chi connectivity index (χ4v) is 2.59. The van der Waals surface area contributed by atoms with Crippen LogP contribution in [-0.2, 0) is 0 Å². The van der Waals surface area contributed by atoms with E-state index < -0.39 is 4.92 Å². The van der Waals surface area contributed by atoms with Gasteiger partial charge in [-0.3, -0.25) is 14.9 Å². The highest BCUT2D eigenvalue weighted by Gasteiger charge is 2.25. The molecule has 1 unspecified atom stereocenters. The normalized spacial score (nSPS) is 18.7. The Morgan fingerprint density at radius 2 is 2.20 bits per heavy atom. The van der Waals surface area contributed by atoms with Crippen molar-refractivity contribution < 1.29 is 9.72 Å². The van der Waals surface area contributed by atoms with E-state index in [1.54, 1.807) is 13.1 Å². The van der Waals surface area contributed by atoms with E-state index in [2.05, 4.69) is 5.32 Å². The second-order valence-corrected chi connectivity index (χ2v) is 5.08. The number of nitro groups is 1. The van der Waals surface area contributed by atoms with E-state index in [9.17, 15) is 14.9 Å². The van der Waals surface area contributed by atoms with Gasteiger partial charge in [-0.05, 0) is 38.3 Å². The van der Waals surface area contributed by atoms with E-state index >= 15 is 0 Å². The smallest absolute Gasteiger partial charge is 0.292 e. The quantitative estimate of drug-likeness (QED) is 0.680. The first kappa shape index (κ1) is 14.3. The van der Waals surface area contributed by atoms with Gasteiger partial charge in [-0.25, -0.2) is 0 Å². The summed E-state index contributed by atoms with van der Waals surface area (Å²) in [5, 5.41) is 13.7. The van der Waals surface area contributed by atoms with E-state index in [1.807, 2.05) is 11.8 Å². The number of hydrogen-bond donors (Lipinski definition) is 1. The number of nitrogens with zero attached hydrogens (tertiary/aromatic N) is 2. The van der Waals surface area contributed by atoms with Crippen molar-refractivity contribution in [2.75, 3.05) is 18.9 Å². The first-order chi connectivity index (χ1) is 9.54. The second kappa shape index (κ2) is 5.90. The summed E-state index contributed by atoms with van der Waals surface area (Å²) in [5.41, 5.74) is 0.843. The lowest BCUT2D eigenvalue weighted by molar-refractivity contribution is -0.383. The van der Waals surface area contributed by atoms with Crippen LogP contribution >= 0.6 is 0 Å². The molecule has 108 valence electrons. The van der Waals surface area contributed by atoms with Crippen LogP contribution in [0.3, 0.4) is 0 Å². The lowest BCUT2D eigenvalue weighted by atomic mass is 10.0. The summed E-state index contributed by atoms with van der Waals surface area (Å²) in [5.74, 6) is -0.0522. The Kier molecular flexibility index (Phi) is 4.22. The molecule has 0 saturated carbocycles. The molecule has 1 amide bonds. The number of likely N-dealkylation sites (tertiary alicyclic amines) is 1. The maximum Gasteiger partial charge on any atom is 0.292 e. The summed E-state index contributed by atoms with van der Waals surface area (Å²) in [6.45, 7) is 2.80. The highest BCUT2D eigenvalue weighted by Crippen LogP contribution is 2.27. The SMILES string of the molecule is CNc1cc(C(=O)N2CCCCC2C)ccc1[N+](=O)[O-]. The van der Waals surface area contributed by atoms with Crippen LogP contribution in [0.2, 0.25) is 0 Å². The molecule has 0 bridgehead atoms. The molecule has 1 fully saturated rings. The molecule has 1 heterocycles. The van der Waals surface area contributed by atoms with Gasteiger partial charge in [0.05, 0.1) is 4.92 Å². The zero-order chi connectivity index (χ0) is 14.7. The average Bonchev–Trinajstić information content (AvgIpc) is 2.46. The molecule has 0 aliphatic carbocycles. The molecule has 1 aromatic carbocycles. The van der Waals surface area contributed by atoms with Gasteiger partial charge >= 0.3 is 0 Å². The molecule has 0 radical (unpaired) electrons. The zero-order valence-corrected chi connectivity index (χ0v) is 11.8. The van der Waals surface area contributed by atoms with Crippen molar-refractivity contribution in [3.8, 4) is 0 Å². The Hall–Kier alpha value is -2.11. The van der Waals surface area contributed by atoms with Gasteiger partial charge in [0.1, 0.15) is 5.69 Å². The van der Waals surface area contributed by atoms with E-state index in [4.69, 9.17) is 0 Å². The molecule has 1 aliphatic heterocycles. The third-order valence-electron chi connectivity index (χ3n) is 3.77. The van der Waals surface area contributed by atoms with E-state index in [1.165, 1.54) is 12.1 Å². The van der Waals surface area contributed by atoms with Crippen molar-refractivity contribution in [3.05, 3.63) is 33.9 Å². The molecule has 1 saturated heterocycles. The summed E-state index contributed by atoms with van der Waals surface area (Å²) in [4.78, 5) is 24.8. The first-order valence-corrected chi connectivity index (χ1v) is 6.81. The second-order valence-electron chi connectivity index (χ2n) is 5.08. The molecule has 2 rings (SSSR count). The maximum atomic E-state index is 12.5. The van der Waals surface area contributed by atoms with Gasteiger partial charge in [0.2, 0.25) is 0 Å². The molecule has 0 spiro atoms. The number of carbonyl (C=O) groups excluding carboxylic acids is 1. The fraction of sp³-hybridized carbons (Fsp3) is 0.500. The van der Waals surface area contributed by atoms with Gasteiger partial charge in [0.15, 0.2) is 0 Å². The lowest BCUT2D eigenvalue weighted by Crippen LogP contribution is -2.42.